The molecule has 0 aliphatic carbocycles. The fourth-order valence-electron chi connectivity index (χ4n) is 1.06. The average Bonchev–Trinajstić information content (AvgIpc) is 2.12. The number of carbonyl (C=O) groups excluding carboxylic acids is 1. The molecule has 0 aliphatic heterocycles. The van der Waals surface area contributed by atoms with Gasteiger partial charge in [0.15, 0.2) is 0 Å². The van der Waals surface area contributed by atoms with Crippen LogP contribution in [0, 0.1) is 6.92 Å². The van der Waals surface area contributed by atoms with Gasteiger partial charge in [-0.25, -0.2) is 4.79 Å². The highest BCUT2D eigenvalue weighted by atomic mass is 79.9. The Labute approximate surface area is 91.6 Å². The number of anilines is 1. The molecule has 4 heteroatoms. The average molecular weight is 258 g/mol. The molecule has 0 saturated carbocycles. The predicted octanol–water partition coefficient (Wildman–Crippen LogP) is 3.33. The second kappa shape index (κ2) is 5.00. The Kier molecular flexibility index (Phi) is 3.95. The van der Waals surface area contributed by atoms with E-state index in [0.29, 0.717) is 6.61 Å². The molecule has 1 aromatic carbocycles. The number of halogens is 1. The number of benzene rings is 1. The van der Waals surface area contributed by atoms with Crippen LogP contribution in [0.3, 0.4) is 0 Å². The number of para-hydroxylation sites is 1. The van der Waals surface area contributed by atoms with Crippen molar-refractivity contribution >= 4 is 27.7 Å². The number of hydrogen-bond acceptors (Lipinski definition) is 2. The summed E-state index contributed by atoms with van der Waals surface area (Å²) in [5, 5.41) is 2.67. The number of carbonyl (C=O) groups is 1. The van der Waals surface area contributed by atoms with Crippen molar-refractivity contribution in [1.29, 1.82) is 0 Å². The molecule has 1 aromatic rings. The van der Waals surface area contributed by atoms with Crippen molar-refractivity contribution < 1.29 is 9.53 Å². The molecule has 1 amide bonds. The Hall–Kier alpha value is -1.03. The summed E-state index contributed by atoms with van der Waals surface area (Å²) in [5.41, 5.74) is 1.75. The first-order valence-electron chi connectivity index (χ1n) is 4.34. The quantitative estimate of drug-likeness (QED) is 0.883. The molecule has 1 rings (SSSR count). The third kappa shape index (κ3) is 2.73. The summed E-state index contributed by atoms with van der Waals surface area (Å²) in [4.78, 5) is 11.2. The normalized spacial score (nSPS) is 9.64. The van der Waals surface area contributed by atoms with Crippen LogP contribution in [0.5, 0.6) is 0 Å². The van der Waals surface area contributed by atoms with E-state index < -0.39 is 6.09 Å². The van der Waals surface area contributed by atoms with E-state index in [1.54, 1.807) is 6.92 Å². The summed E-state index contributed by atoms with van der Waals surface area (Å²) in [6.45, 7) is 4.06. The first kappa shape index (κ1) is 11.0. The number of rotatable bonds is 2. The second-order valence-electron chi connectivity index (χ2n) is 2.78. The molecule has 0 radical (unpaired) electrons. The van der Waals surface area contributed by atoms with Gasteiger partial charge in [-0.1, -0.05) is 12.1 Å². The van der Waals surface area contributed by atoms with Crippen molar-refractivity contribution in [2.24, 2.45) is 0 Å². The molecule has 0 heterocycles. The zero-order valence-corrected chi connectivity index (χ0v) is 9.72. The zero-order valence-electron chi connectivity index (χ0n) is 8.13. The van der Waals surface area contributed by atoms with Crippen molar-refractivity contribution in [3.8, 4) is 0 Å². The van der Waals surface area contributed by atoms with Gasteiger partial charge in [0.2, 0.25) is 0 Å². The van der Waals surface area contributed by atoms with Gasteiger partial charge >= 0.3 is 6.09 Å². The van der Waals surface area contributed by atoms with Gasteiger partial charge < -0.3 is 4.74 Å². The highest BCUT2D eigenvalue weighted by Gasteiger charge is 2.07. The Balaban J connectivity index is 2.80. The Morgan fingerprint density at radius 3 is 2.86 bits per heavy atom. The van der Waals surface area contributed by atoms with E-state index >= 15 is 0 Å². The molecule has 0 bridgehead atoms. The van der Waals surface area contributed by atoms with E-state index in [2.05, 4.69) is 21.2 Å². The van der Waals surface area contributed by atoms with Gasteiger partial charge in [0.25, 0.3) is 0 Å². The van der Waals surface area contributed by atoms with Gasteiger partial charge in [0.05, 0.1) is 12.3 Å². The molecule has 0 spiro atoms. The minimum absolute atomic E-state index is 0.370. The molecular weight excluding hydrogens is 246 g/mol. The van der Waals surface area contributed by atoms with Gasteiger partial charge in [-0.3, -0.25) is 5.32 Å². The highest BCUT2D eigenvalue weighted by molar-refractivity contribution is 9.10. The number of ether oxygens (including phenoxy) is 1. The van der Waals surface area contributed by atoms with Crippen LogP contribution in [-0.2, 0) is 4.74 Å². The molecule has 0 aromatic heterocycles. The SMILES string of the molecule is CCOC(=O)Nc1c(C)cccc1Br. The van der Waals surface area contributed by atoms with Crippen LogP contribution >= 0.6 is 15.9 Å². The maximum atomic E-state index is 11.2. The topological polar surface area (TPSA) is 38.3 Å². The molecule has 0 saturated heterocycles. The Bertz CT molecular complexity index is 319. The summed E-state index contributed by atoms with van der Waals surface area (Å²) in [6, 6.07) is 5.70. The Morgan fingerprint density at radius 2 is 2.29 bits per heavy atom. The lowest BCUT2D eigenvalue weighted by atomic mass is 10.2. The molecule has 0 atom stereocenters. The van der Waals surface area contributed by atoms with Gasteiger partial charge in [0, 0.05) is 4.47 Å². The van der Waals surface area contributed by atoms with Crippen molar-refractivity contribution in [2.75, 3.05) is 11.9 Å². The Morgan fingerprint density at radius 1 is 1.57 bits per heavy atom. The van der Waals surface area contributed by atoms with Gasteiger partial charge in [-0.05, 0) is 41.4 Å². The smallest absolute Gasteiger partial charge is 0.411 e. The number of hydrogen-bond donors (Lipinski definition) is 1. The lowest BCUT2D eigenvalue weighted by Gasteiger charge is -2.09. The van der Waals surface area contributed by atoms with Crippen molar-refractivity contribution in [3.05, 3.63) is 28.2 Å². The molecule has 0 fully saturated rings. The van der Waals surface area contributed by atoms with Crippen LogP contribution in [-0.4, -0.2) is 12.7 Å². The van der Waals surface area contributed by atoms with Crippen LogP contribution < -0.4 is 5.32 Å². The van der Waals surface area contributed by atoms with Crippen LogP contribution in [0.25, 0.3) is 0 Å². The summed E-state index contributed by atoms with van der Waals surface area (Å²) in [7, 11) is 0. The number of nitrogens with one attached hydrogen (secondary N) is 1. The summed E-state index contributed by atoms with van der Waals surface area (Å²) < 4.78 is 5.64. The molecule has 14 heavy (non-hydrogen) atoms. The minimum Gasteiger partial charge on any atom is -0.450 e. The molecule has 0 unspecified atom stereocenters. The fraction of sp³-hybridized carbons (Fsp3) is 0.300. The first-order valence-corrected chi connectivity index (χ1v) is 5.13. The maximum absolute atomic E-state index is 11.2. The van der Waals surface area contributed by atoms with Crippen molar-refractivity contribution in [1.82, 2.24) is 0 Å². The van der Waals surface area contributed by atoms with Crippen molar-refractivity contribution in [3.63, 3.8) is 0 Å². The van der Waals surface area contributed by atoms with E-state index in [0.717, 1.165) is 15.7 Å². The maximum Gasteiger partial charge on any atom is 0.411 e. The minimum atomic E-state index is -0.428. The van der Waals surface area contributed by atoms with Gasteiger partial charge in [-0.2, -0.15) is 0 Å². The molecule has 3 nitrogen and oxygen atoms in total. The molecule has 76 valence electrons. The zero-order chi connectivity index (χ0) is 10.6. The van der Waals surface area contributed by atoms with E-state index in [4.69, 9.17) is 4.74 Å². The number of amides is 1. The summed E-state index contributed by atoms with van der Waals surface area (Å²) in [6.07, 6.45) is -0.428. The van der Waals surface area contributed by atoms with Crippen LogP contribution in [0.4, 0.5) is 10.5 Å². The van der Waals surface area contributed by atoms with E-state index in [1.807, 2.05) is 25.1 Å². The lowest BCUT2D eigenvalue weighted by molar-refractivity contribution is 0.168. The van der Waals surface area contributed by atoms with Crippen LogP contribution in [0.2, 0.25) is 0 Å². The monoisotopic (exact) mass is 257 g/mol. The van der Waals surface area contributed by atoms with Crippen molar-refractivity contribution in [2.45, 2.75) is 13.8 Å². The summed E-state index contributed by atoms with van der Waals surface area (Å²) >= 11 is 3.36. The molecule has 1 N–H and O–H groups in total. The summed E-state index contributed by atoms with van der Waals surface area (Å²) in [5.74, 6) is 0. The van der Waals surface area contributed by atoms with Gasteiger partial charge in [-0.15, -0.1) is 0 Å². The first-order chi connectivity index (χ1) is 6.65. The van der Waals surface area contributed by atoms with E-state index in [-0.39, 0.29) is 0 Å². The predicted molar refractivity (Wildman–Crippen MR) is 59.5 cm³/mol. The van der Waals surface area contributed by atoms with Crippen LogP contribution in [0.1, 0.15) is 12.5 Å². The third-order valence-electron chi connectivity index (χ3n) is 1.72. The molecular formula is C10H12BrNO2. The van der Waals surface area contributed by atoms with Gasteiger partial charge in [0.1, 0.15) is 0 Å². The van der Waals surface area contributed by atoms with Crippen LogP contribution in [0.15, 0.2) is 22.7 Å². The molecule has 0 aliphatic rings. The third-order valence-corrected chi connectivity index (χ3v) is 2.39. The highest BCUT2D eigenvalue weighted by Crippen LogP contribution is 2.25. The fourth-order valence-corrected chi connectivity index (χ4v) is 1.62. The lowest BCUT2D eigenvalue weighted by Crippen LogP contribution is -2.14. The van der Waals surface area contributed by atoms with E-state index in [9.17, 15) is 4.79 Å². The largest absolute Gasteiger partial charge is 0.450 e. The second-order valence-corrected chi connectivity index (χ2v) is 3.63. The standard InChI is InChI=1S/C10H12BrNO2/c1-3-14-10(13)12-9-7(2)5-4-6-8(9)11/h4-6H,3H2,1-2H3,(H,12,13). The van der Waals surface area contributed by atoms with E-state index in [1.165, 1.54) is 0 Å². The number of aryl methyl sites for hydroxylation is 1.